The van der Waals surface area contributed by atoms with Gasteiger partial charge in [0.2, 0.25) is 0 Å². The summed E-state index contributed by atoms with van der Waals surface area (Å²) in [4.78, 5) is 19.1. The molecule has 0 radical (unpaired) electrons. The third-order valence-corrected chi connectivity index (χ3v) is 5.13. The zero-order valence-electron chi connectivity index (χ0n) is 17.5. The van der Waals surface area contributed by atoms with Crippen LogP contribution in [0.2, 0.25) is 0 Å². The predicted molar refractivity (Wildman–Crippen MR) is 120 cm³/mol. The Hall–Kier alpha value is -3.93. The Morgan fingerprint density at radius 1 is 0.968 bits per heavy atom. The molecular formula is C25H25N5O. The summed E-state index contributed by atoms with van der Waals surface area (Å²) in [6.07, 6.45) is 7.18. The van der Waals surface area contributed by atoms with Gasteiger partial charge in [0.1, 0.15) is 0 Å². The molecule has 0 aliphatic carbocycles. The Morgan fingerprint density at radius 3 is 2.61 bits per heavy atom. The van der Waals surface area contributed by atoms with Crippen molar-refractivity contribution in [3.05, 3.63) is 114 Å². The number of hydrogen-bond donors (Lipinski definition) is 1. The smallest absolute Gasteiger partial charge is 0.318 e. The second-order valence-corrected chi connectivity index (χ2v) is 7.42. The number of urea groups is 1. The predicted octanol–water partition coefficient (Wildman–Crippen LogP) is 4.49. The lowest BCUT2D eigenvalue weighted by molar-refractivity contribution is 0.191. The number of hydrogen-bond acceptors (Lipinski definition) is 3. The van der Waals surface area contributed by atoms with Gasteiger partial charge in [-0.05, 0) is 53.4 Å². The van der Waals surface area contributed by atoms with Gasteiger partial charge in [0.05, 0.1) is 5.69 Å². The Labute approximate surface area is 182 Å². The standard InChI is InChI=1S/C25H25N5O/c1-20-7-2-3-10-23(20)19-29(18-22-9-5-12-26-16-22)25(31)27-17-21-8-4-11-24(15-21)30-14-6-13-28-30/h2-16H,17-19H2,1H3,(H,27,31). The molecule has 31 heavy (non-hydrogen) atoms. The van der Waals surface area contributed by atoms with E-state index in [1.807, 2.05) is 65.7 Å². The van der Waals surface area contributed by atoms with E-state index in [0.29, 0.717) is 19.6 Å². The van der Waals surface area contributed by atoms with Crippen LogP contribution in [0, 0.1) is 6.92 Å². The number of rotatable bonds is 7. The minimum atomic E-state index is -0.114. The SMILES string of the molecule is Cc1ccccc1CN(Cc1cccnc1)C(=O)NCc1cccc(-n2cccn2)c1. The monoisotopic (exact) mass is 411 g/mol. The van der Waals surface area contributed by atoms with Gasteiger partial charge in [-0.1, -0.05) is 42.5 Å². The zero-order valence-corrected chi connectivity index (χ0v) is 17.5. The molecule has 0 bridgehead atoms. The van der Waals surface area contributed by atoms with Gasteiger partial charge in [0, 0.05) is 44.4 Å². The van der Waals surface area contributed by atoms with Crippen LogP contribution >= 0.6 is 0 Å². The zero-order chi connectivity index (χ0) is 21.5. The second kappa shape index (κ2) is 9.71. The van der Waals surface area contributed by atoms with Crippen LogP contribution in [0.25, 0.3) is 5.69 Å². The van der Waals surface area contributed by atoms with Gasteiger partial charge >= 0.3 is 6.03 Å². The first-order valence-corrected chi connectivity index (χ1v) is 10.2. The minimum absolute atomic E-state index is 0.114. The van der Waals surface area contributed by atoms with Gasteiger partial charge in [0.25, 0.3) is 0 Å². The van der Waals surface area contributed by atoms with Crippen molar-refractivity contribution < 1.29 is 4.79 Å². The fourth-order valence-electron chi connectivity index (χ4n) is 3.42. The molecule has 0 fully saturated rings. The average molecular weight is 412 g/mol. The molecular weight excluding hydrogens is 386 g/mol. The molecule has 0 atom stereocenters. The number of pyridine rings is 1. The van der Waals surface area contributed by atoms with Gasteiger partial charge in [-0.2, -0.15) is 5.10 Å². The van der Waals surface area contributed by atoms with Crippen molar-refractivity contribution in [2.24, 2.45) is 0 Å². The number of benzene rings is 2. The third kappa shape index (κ3) is 5.36. The van der Waals surface area contributed by atoms with Crippen molar-refractivity contribution in [3.8, 4) is 5.69 Å². The summed E-state index contributed by atoms with van der Waals surface area (Å²) in [6.45, 7) is 3.52. The molecule has 0 spiro atoms. The molecule has 0 aliphatic rings. The van der Waals surface area contributed by atoms with Crippen LogP contribution in [0.4, 0.5) is 4.79 Å². The number of nitrogens with one attached hydrogen (secondary N) is 1. The first kappa shape index (κ1) is 20.3. The highest BCUT2D eigenvalue weighted by Gasteiger charge is 2.15. The molecule has 4 aromatic rings. The van der Waals surface area contributed by atoms with Crippen LogP contribution in [0.3, 0.4) is 0 Å². The largest absolute Gasteiger partial charge is 0.334 e. The van der Waals surface area contributed by atoms with E-state index in [4.69, 9.17) is 0 Å². The van der Waals surface area contributed by atoms with Gasteiger partial charge in [-0.3, -0.25) is 4.98 Å². The number of aromatic nitrogens is 3. The van der Waals surface area contributed by atoms with Crippen molar-refractivity contribution in [1.29, 1.82) is 0 Å². The molecule has 156 valence electrons. The molecule has 2 heterocycles. The van der Waals surface area contributed by atoms with Gasteiger partial charge < -0.3 is 10.2 Å². The first-order valence-electron chi connectivity index (χ1n) is 10.2. The molecule has 4 rings (SSSR count). The van der Waals surface area contributed by atoms with Crippen molar-refractivity contribution in [2.45, 2.75) is 26.6 Å². The Morgan fingerprint density at radius 2 is 1.84 bits per heavy atom. The van der Waals surface area contributed by atoms with Crippen LogP contribution in [0.1, 0.15) is 22.3 Å². The quantitative estimate of drug-likeness (QED) is 0.487. The molecule has 2 aromatic carbocycles. The second-order valence-electron chi connectivity index (χ2n) is 7.42. The Kier molecular flexibility index (Phi) is 6.38. The summed E-state index contributed by atoms with van der Waals surface area (Å²) in [5, 5.41) is 7.34. The highest BCUT2D eigenvalue weighted by Crippen LogP contribution is 2.14. The summed E-state index contributed by atoms with van der Waals surface area (Å²) >= 11 is 0. The number of carbonyl (C=O) groups is 1. The normalized spacial score (nSPS) is 10.6. The third-order valence-electron chi connectivity index (χ3n) is 5.13. The van der Waals surface area contributed by atoms with Gasteiger partial charge in [-0.15, -0.1) is 0 Å². The topological polar surface area (TPSA) is 63.1 Å². The highest BCUT2D eigenvalue weighted by atomic mass is 16.2. The maximum absolute atomic E-state index is 13.1. The average Bonchev–Trinajstić information content (AvgIpc) is 3.34. The fourth-order valence-corrected chi connectivity index (χ4v) is 3.42. The summed E-state index contributed by atoms with van der Waals surface area (Å²) in [5.41, 5.74) is 5.26. The summed E-state index contributed by atoms with van der Waals surface area (Å²) in [6, 6.07) is 21.8. The molecule has 6 nitrogen and oxygen atoms in total. The first-order chi connectivity index (χ1) is 15.2. The van der Waals surface area contributed by atoms with Crippen molar-refractivity contribution in [3.63, 3.8) is 0 Å². The lowest BCUT2D eigenvalue weighted by Gasteiger charge is -2.24. The molecule has 0 saturated carbocycles. The van der Waals surface area contributed by atoms with Crippen LogP contribution in [0.15, 0.2) is 91.5 Å². The Bertz CT molecular complexity index is 1130. The summed E-state index contributed by atoms with van der Waals surface area (Å²) in [7, 11) is 0. The van der Waals surface area contributed by atoms with Crippen molar-refractivity contribution in [1.82, 2.24) is 25.0 Å². The number of aryl methyl sites for hydroxylation is 1. The van der Waals surface area contributed by atoms with E-state index >= 15 is 0 Å². The van der Waals surface area contributed by atoms with Crippen molar-refractivity contribution >= 4 is 6.03 Å². The molecule has 0 saturated heterocycles. The minimum Gasteiger partial charge on any atom is -0.334 e. The van der Waals surface area contributed by atoms with E-state index < -0.39 is 0 Å². The van der Waals surface area contributed by atoms with E-state index in [0.717, 1.165) is 22.4 Å². The van der Waals surface area contributed by atoms with Crippen LogP contribution < -0.4 is 5.32 Å². The lowest BCUT2D eigenvalue weighted by Crippen LogP contribution is -2.39. The molecule has 0 unspecified atom stereocenters. The molecule has 2 aromatic heterocycles. The summed E-state index contributed by atoms with van der Waals surface area (Å²) < 4.78 is 1.80. The van der Waals surface area contributed by atoms with E-state index in [1.165, 1.54) is 5.56 Å². The number of carbonyl (C=O) groups excluding carboxylic acids is 1. The summed E-state index contributed by atoms with van der Waals surface area (Å²) in [5.74, 6) is 0. The maximum Gasteiger partial charge on any atom is 0.318 e. The fraction of sp³-hybridized carbons (Fsp3) is 0.160. The van der Waals surface area contributed by atoms with E-state index in [1.54, 1.807) is 23.3 Å². The Balaban J connectivity index is 1.48. The number of amides is 2. The van der Waals surface area contributed by atoms with Crippen molar-refractivity contribution in [2.75, 3.05) is 0 Å². The van der Waals surface area contributed by atoms with Crippen LogP contribution in [-0.4, -0.2) is 25.7 Å². The van der Waals surface area contributed by atoms with E-state index in [-0.39, 0.29) is 6.03 Å². The molecule has 6 heteroatoms. The van der Waals surface area contributed by atoms with Gasteiger partial charge in [0.15, 0.2) is 0 Å². The molecule has 2 amide bonds. The highest BCUT2D eigenvalue weighted by molar-refractivity contribution is 5.74. The molecule has 0 aliphatic heterocycles. The van der Waals surface area contributed by atoms with Crippen LogP contribution in [-0.2, 0) is 19.6 Å². The molecule has 1 N–H and O–H groups in total. The van der Waals surface area contributed by atoms with Crippen LogP contribution in [0.5, 0.6) is 0 Å². The lowest BCUT2D eigenvalue weighted by atomic mass is 10.1. The maximum atomic E-state index is 13.1. The van der Waals surface area contributed by atoms with Gasteiger partial charge in [-0.25, -0.2) is 9.48 Å². The van der Waals surface area contributed by atoms with E-state index in [9.17, 15) is 4.79 Å². The van der Waals surface area contributed by atoms with E-state index in [2.05, 4.69) is 34.5 Å². The number of nitrogens with zero attached hydrogens (tertiary/aromatic N) is 4.